The van der Waals surface area contributed by atoms with Crippen LogP contribution in [0.15, 0.2) is 53.0 Å². The molecule has 2 aromatic rings. The van der Waals surface area contributed by atoms with Crippen molar-refractivity contribution in [2.75, 3.05) is 5.32 Å². The Kier molecular flexibility index (Phi) is 5.38. The molecule has 2 rings (SSSR count). The first kappa shape index (κ1) is 17.4. The maximum Gasteiger partial charge on any atom is 0.416 e. The number of carbonyl (C=O) groups excluding carboxylic acids is 1. The molecule has 0 saturated heterocycles. The Morgan fingerprint density at radius 3 is 2.35 bits per heavy atom. The van der Waals surface area contributed by atoms with Crippen molar-refractivity contribution in [3.05, 3.63) is 64.1 Å². The summed E-state index contributed by atoms with van der Waals surface area (Å²) in [5, 5.41) is 4.88. The number of nitrogens with one attached hydrogen (secondary N) is 2. The minimum Gasteiger partial charge on any atom is -0.332 e. The van der Waals surface area contributed by atoms with Crippen LogP contribution in [-0.2, 0) is 6.18 Å². The maximum atomic E-state index is 12.8. The number of carbonyl (C=O) groups is 1. The molecular formula is C15H10BrF3N2OS. The van der Waals surface area contributed by atoms with Crippen molar-refractivity contribution in [2.45, 2.75) is 6.18 Å². The molecule has 2 aromatic carbocycles. The Balaban J connectivity index is 2.09. The van der Waals surface area contributed by atoms with E-state index in [1.165, 1.54) is 6.07 Å². The second kappa shape index (κ2) is 7.10. The quantitative estimate of drug-likeness (QED) is 0.721. The average molecular weight is 403 g/mol. The van der Waals surface area contributed by atoms with Gasteiger partial charge in [0.05, 0.1) is 5.56 Å². The van der Waals surface area contributed by atoms with Crippen LogP contribution < -0.4 is 10.6 Å². The van der Waals surface area contributed by atoms with Crippen molar-refractivity contribution in [1.29, 1.82) is 0 Å². The highest BCUT2D eigenvalue weighted by Crippen LogP contribution is 2.33. The molecule has 2 N–H and O–H groups in total. The molecule has 0 bridgehead atoms. The molecule has 0 aromatic heterocycles. The number of amides is 1. The fraction of sp³-hybridized carbons (Fsp3) is 0.0667. The lowest BCUT2D eigenvalue weighted by Crippen LogP contribution is -2.34. The fourth-order valence-electron chi connectivity index (χ4n) is 1.75. The van der Waals surface area contributed by atoms with Crippen LogP contribution in [0.25, 0.3) is 0 Å². The van der Waals surface area contributed by atoms with Crippen LogP contribution in [-0.4, -0.2) is 11.0 Å². The van der Waals surface area contributed by atoms with Crippen LogP contribution in [0.4, 0.5) is 18.9 Å². The van der Waals surface area contributed by atoms with Crippen molar-refractivity contribution in [3.63, 3.8) is 0 Å². The van der Waals surface area contributed by atoms with Gasteiger partial charge in [0.25, 0.3) is 5.91 Å². The SMILES string of the molecule is O=C(NC(=S)Nc1cc(Br)cc(C(F)(F)F)c1)c1ccccc1. The van der Waals surface area contributed by atoms with Gasteiger partial charge in [-0.3, -0.25) is 10.1 Å². The van der Waals surface area contributed by atoms with Crippen molar-refractivity contribution in [1.82, 2.24) is 5.32 Å². The number of anilines is 1. The Hall–Kier alpha value is -1.93. The minimum atomic E-state index is -4.48. The molecule has 0 radical (unpaired) electrons. The summed E-state index contributed by atoms with van der Waals surface area (Å²) in [5.41, 5.74) is -0.321. The second-order valence-corrected chi connectivity index (χ2v) is 5.82. The number of hydrogen-bond donors (Lipinski definition) is 2. The summed E-state index contributed by atoms with van der Waals surface area (Å²) < 4.78 is 38.5. The first-order valence-electron chi connectivity index (χ1n) is 6.31. The van der Waals surface area contributed by atoms with E-state index in [4.69, 9.17) is 12.2 Å². The molecule has 120 valence electrons. The number of hydrogen-bond acceptors (Lipinski definition) is 2. The Morgan fingerprint density at radius 2 is 1.74 bits per heavy atom. The van der Waals surface area contributed by atoms with E-state index in [-0.39, 0.29) is 15.3 Å². The number of halogens is 4. The molecule has 0 heterocycles. The molecule has 0 fully saturated rings. The average Bonchev–Trinajstić information content (AvgIpc) is 2.46. The highest BCUT2D eigenvalue weighted by Gasteiger charge is 2.31. The summed E-state index contributed by atoms with van der Waals surface area (Å²) in [4.78, 5) is 11.9. The van der Waals surface area contributed by atoms with Crippen LogP contribution in [0.5, 0.6) is 0 Å². The zero-order valence-electron chi connectivity index (χ0n) is 11.4. The first-order chi connectivity index (χ1) is 10.8. The predicted octanol–water partition coefficient (Wildman–Crippen LogP) is 4.59. The van der Waals surface area contributed by atoms with Gasteiger partial charge < -0.3 is 5.32 Å². The van der Waals surface area contributed by atoms with Crippen LogP contribution in [0.2, 0.25) is 0 Å². The van der Waals surface area contributed by atoms with E-state index in [2.05, 4.69) is 26.6 Å². The number of thiocarbonyl (C=S) groups is 1. The molecule has 0 saturated carbocycles. The van der Waals surface area contributed by atoms with E-state index in [0.29, 0.717) is 5.56 Å². The van der Waals surface area contributed by atoms with Crippen molar-refractivity contribution >= 4 is 44.9 Å². The summed E-state index contributed by atoms with van der Waals surface area (Å²) in [6.07, 6.45) is -4.48. The number of alkyl halides is 3. The van der Waals surface area contributed by atoms with Crippen molar-refractivity contribution < 1.29 is 18.0 Å². The lowest BCUT2D eigenvalue weighted by atomic mass is 10.2. The minimum absolute atomic E-state index is 0.0925. The van der Waals surface area contributed by atoms with Gasteiger partial charge in [0.2, 0.25) is 0 Å². The Morgan fingerprint density at radius 1 is 1.09 bits per heavy atom. The van der Waals surface area contributed by atoms with Gasteiger partial charge in [-0.15, -0.1) is 0 Å². The zero-order valence-corrected chi connectivity index (χ0v) is 13.8. The molecule has 0 unspecified atom stereocenters. The van der Waals surface area contributed by atoms with Gasteiger partial charge in [0, 0.05) is 15.7 Å². The third-order valence-electron chi connectivity index (χ3n) is 2.75. The molecule has 0 spiro atoms. The molecule has 0 aliphatic rings. The predicted molar refractivity (Wildman–Crippen MR) is 89.3 cm³/mol. The van der Waals surface area contributed by atoms with Gasteiger partial charge in [-0.05, 0) is 42.5 Å². The molecule has 3 nitrogen and oxygen atoms in total. The highest BCUT2D eigenvalue weighted by atomic mass is 79.9. The van der Waals surface area contributed by atoms with E-state index >= 15 is 0 Å². The number of benzene rings is 2. The van der Waals surface area contributed by atoms with E-state index in [0.717, 1.165) is 12.1 Å². The maximum absolute atomic E-state index is 12.8. The third-order valence-corrected chi connectivity index (χ3v) is 3.41. The van der Waals surface area contributed by atoms with Gasteiger partial charge in [-0.1, -0.05) is 34.1 Å². The smallest absolute Gasteiger partial charge is 0.332 e. The molecular weight excluding hydrogens is 393 g/mol. The van der Waals surface area contributed by atoms with Gasteiger partial charge in [0.1, 0.15) is 0 Å². The van der Waals surface area contributed by atoms with Gasteiger partial charge in [-0.2, -0.15) is 13.2 Å². The van der Waals surface area contributed by atoms with Gasteiger partial charge in [0.15, 0.2) is 5.11 Å². The summed E-state index contributed by atoms with van der Waals surface area (Å²) in [5.74, 6) is -0.450. The molecule has 0 atom stereocenters. The van der Waals surface area contributed by atoms with Crippen LogP contribution in [0.3, 0.4) is 0 Å². The van der Waals surface area contributed by atoms with E-state index in [1.54, 1.807) is 30.3 Å². The highest BCUT2D eigenvalue weighted by molar-refractivity contribution is 9.10. The van der Waals surface area contributed by atoms with Crippen LogP contribution in [0, 0.1) is 0 Å². The molecule has 8 heteroatoms. The zero-order chi connectivity index (χ0) is 17.0. The summed E-state index contributed by atoms with van der Waals surface area (Å²) >= 11 is 7.96. The lowest BCUT2D eigenvalue weighted by molar-refractivity contribution is -0.137. The third kappa shape index (κ3) is 5.04. The van der Waals surface area contributed by atoms with E-state index < -0.39 is 17.6 Å². The summed E-state index contributed by atoms with van der Waals surface area (Å²) in [7, 11) is 0. The molecule has 0 aliphatic heterocycles. The monoisotopic (exact) mass is 402 g/mol. The molecule has 0 aliphatic carbocycles. The Bertz CT molecular complexity index is 735. The lowest BCUT2D eigenvalue weighted by Gasteiger charge is -2.13. The van der Waals surface area contributed by atoms with Crippen molar-refractivity contribution in [2.24, 2.45) is 0 Å². The van der Waals surface area contributed by atoms with Crippen molar-refractivity contribution in [3.8, 4) is 0 Å². The standard InChI is InChI=1S/C15H10BrF3N2OS/c16-11-6-10(15(17,18)19)7-12(8-11)20-14(23)21-13(22)9-4-2-1-3-5-9/h1-8H,(H2,20,21,22,23). The molecule has 23 heavy (non-hydrogen) atoms. The normalized spacial score (nSPS) is 11.0. The number of rotatable bonds is 2. The summed E-state index contributed by atoms with van der Waals surface area (Å²) in [6, 6.07) is 11.6. The van der Waals surface area contributed by atoms with Crippen LogP contribution >= 0.6 is 28.1 Å². The van der Waals surface area contributed by atoms with E-state index in [1.807, 2.05) is 0 Å². The second-order valence-electron chi connectivity index (χ2n) is 4.50. The van der Waals surface area contributed by atoms with E-state index in [9.17, 15) is 18.0 Å². The van der Waals surface area contributed by atoms with Crippen LogP contribution in [0.1, 0.15) is 15.9 Å². The topological polar surface area (TPSA) is 41.1 Å². The largest absolute Gasteiger partial charge is 0.416 e. The fourth-order valence-corrected chi connectivity index (χ4v) is 2.46. The summed E-state index contributed by atoms with van der Waals surface area (Å²) in [6.45, 7) is 0. The Labute approximate surface area is 144 Å². The van der Waals surface area contributed by atoms with Gasteiger partial charge in [-0.25, -0.2) is 0 Å². The van der Waals surface area contributed by atoms with Gasteiger partial charge >= 0.3 is 6.18 Å². The first-order valence-corrected chi connectivity index (χ1v) is 7.51. The molecule has 1 amide bonds.